The number of benzene rings is 1. The maximum Gasteiger partial charge on any atom is 0.166 e. The molecule has 0 radical (unpaired) electrons. The summed E-state index contributed by atoms with van der Waals surface area (Å²) in [6.07, 6.45) is 26.3. The van der Waals surface area contributed by atoms with Gasteiger partial charge in [-0.25, -0.2) is 8.78 Å². The van der Waals surface area contributed by atoms with Gasteiger partial charge in [-0.1, -0.05) is 115 Å². The fourth-order valence-corrected chi connectivity index (χ4v) is 5.88. The molecule has 2 heteroatoms. The zero-order chi connectivity index (χ0) is 23.5. The molecular weight excluding hydrogens is 410 g/mol. The minimum Gasteiger partial charge on any atom is -0.203 e. The number of unbranched alkanes of at least 4 members (excludes halogenated alkanes) is 7. The van der Waals surface area contributed by atoms with E-state index in [1.54, 1.807) is 12.1 Å². The Morgan fingerprint density at radius 2 is 1.48 bits per heavy atom. The van der Waals surface area contributed by atoms with Crippen molar-refractivity contribution in [3.05, 3.63) is 53.1 Å². The molecule has 1 unspecified atom stereocenters. The second kappa shape index (κ2) is 14.1. The van der Waals surface area contributed by atoms with Crippen molar-refractivity contribution in [3.8, 4) is 0 Å². The second-order valence-electron chi connectivity index (χ2n) is 10.6. The number of hydrogen-bond donors (Lipinski definition) is 0. The molecule has 0 spiro atoms. The Morgan fingerprint density at radius 3 is 2.18 bits per heavy atom. The van der Waals surface area contributed by atoms with Gasteiger partial charge in [0.2, 0.25) is 0 Å². The van der Waals surface area contributed by atoms with Crippen LogP contribution in [0.1, 0.15) is 121 Å². The van der Waals surface area contributed by atoms with E-state index in [1.807, 2.05) is 6.08 Å². The smallest absolute Gasteiger partial charge is 0.166 e. The third kappa shape index (κ3) is 7.79. The molecular formula is C31H46F2. The van der Waals surface area contributed by atoms with Crippen LogP contribution in [0.15, 0.2) is 30.4 Å². The Morgan fingerprint density at radius 1 is 0.788 bits per heavy atom. The SMILES string of the molecule is CCCCCCCC[C@H]1CC[C@H](C2C=CC(c3ccc(CCCCC)c(F)c3F)=CC2)CC1. The van der Waals surface area contributed by atoms with E-state index in [0.717, 1.165) is 43.1 Å². The van der Waals surface area contributed by atoms with Crippen molar-refractivity contribution >= 4 is 5.57 Å². The molecule has 1 aromatic carbocycles. The summed E-state index contributed by atoms with van der Waals surface area (Å²) in [6.45, 7) is 4.40. The van der Waals surface area contributed by atoms with Gasteiger partial charge in [0.15, 0.2) is 11.6 Å². The van der Waals surface area contributed by atoms with Gasteiger partial charge in [-0.2, -0.15) is 0 Å². The van der Waals surface area contributed by atoms with Crippen molar-refractivity contribution in [2.75, 3.05) is 0 Å². The number of hydrogen-bond acceptors (Lipinski definition) is 0. The van der Waals surface area contributed by atoms with Crippen molar-refractivity contribution in [1.29, 1.82) is 0 Å². The van der Waals surface area contributed by atoms with Crippen molar-refractivity contribution in [2.45, 2.75) is 117 Å². The molecule has 2 aliphatic rings. The first-order valence-corrected chi connectivity index (χ1v) is 14.0. The monoisotopic (exact) mass is 456 g/mol. The van der Waals surface area contributed by atoms with Crippen molar-refractivity contribution in [1.82, 2.24) is 0 Å². The number of allylic oxidation sites excluding steroid dienone is 4. The van der Waals surface area contributed by atoms with E-state index >= 15 is 0 Å². The lowest BCUT2D eigenvalue weighted by Crippen LogP contribution is -2.21. The summed E-state index contributed by atoms with van der Waals surface area (Å²) in [5.74, 6) is 0.920. The molecule has 0 amide bonds. The fraction of sp³-hybridized carbons (Fsp3) is 0.677. The van der Waals surface area contributed by atoms with Gasteiger partial charge < -0.3 is 0 Å². The zero-order valence-corrected chi connectivity index (χ0v) is 21.2. The third-order valence-electron chi connectivity index (χ3n) is 8.12. The average Bonchev–Trinajstić information content (AvgIpc) is 2.85. The van der Waals surface area contributed by atoms with Crippen molar-refractivity contribution < 1.29 is 8.78 Å². The highest BCUT2D eigenvalue weighted by Gasteiger charge is 2.27. The minimum absolute atomic E-state index is 0.420. The van der Waals surface area contributed by atoms with Gasteiger partial charge >= 0.3 is 0 Å². The summed E-state index contributed by atoms with van der Waals surface area (Å²) in [7, 11) is 0. The summed E-state index contributed by atoms with van der Waals surface area (Å²) in [5, 5.41) is 0. The Hall–Kier alpha value is -1.44. The summed E-state index contributed by atoms with van der Waals surface area (Å²) in [4.78, 5) is 0. The maximum atomic E-state index is 14.8. The van der Waals surface area contributed by atoms with Crippen LogP contribution >= 0.6 is 0 Å². The zero-order valence-electron chi connectivity index (χ0n) is 21.2. The molecule has 1 fully saturated rings. The van der Waals surface area contributed by atoms with E-state index in [0.29, 0.717) is 23.5 Å². The lowest BCUT2D eigenvalue weighted by atomic mass is 9.72. The first kappa shape index (κ1) is 26.2. The molecule has 0 nitrogen and oxygen atoms in total. The molecule has 0 heterocycles. The molecule has 0 saturated heterocycles. The highest BCUT2D eigenvalue weighted by Crippen LogP contribution is 2.40. The molecule has 184 valence electrons. The molecule has 33 heavy (non-hydrogen) atoms. The number of aryl methyl sites for hydroxylation is 1. The number of rotatable bonds is 13. The van der Waals surface area contributed by atoms with Crippen molar-refractivity contribution in [3.63, 3.8) is 0 Å². The third-order valence-corrected chi connectivity index (χ3v) is 8.12. The lowest BCUT2D eigenvalue weighted by molar-refractivity contribution is 0.218. The maximum absolute atomic E-state index is 14.8. The highest BCUT2D eigenvalue weighted by atomic mass is 19.2. The first-order chi connectivity index (χ1) is 16.1. The Kier molecular flexibility index (Phi) is 11.2. The van der Waals surface area contributed by atoms with Gasteiger partial charge in [0.1, 0.15) is 0 Å². The first-order valence-electron chi connectivity index (χ1n) is 14.0. The predicted octanol–water partition coefficient (Wildman–Crippen LogP) is 10.2. The second-order valence-corrected chi connectivity index (χ2v) is 10.6. The van der Waals surface area contributed by atoms with E-state index < -0.39 is 11.6 Å². The van der Waals surface area contributed by atoms with Gasteiger partial charge in [0.25, 0.3) is 0 Å². The van der Waals surface area contributed by atoms with Crippen LogP contribution in [0.4, 0.5) is 8.78 Å². The molecule has 1 atom stereocenters. The Labute approximate surface area is 201 Å². The normalized spacial score (nSPS) is 23.0. The van der Waals surface area contributed by atoms with E-state index in [-0.39, 0.29) is 0 Å². The predicted molar refractivity (Wildman–Crippen MR) is 138 cm³/mol. The molecule has 0 aliphatic heterocycles. The standard InChI is InChI=1S/C31H46F2/c1-3-5-7-8-9-11-12-24-14-16-25(17-15-24)26-18-20-27(21-19-26)29-23-22-28(13-10-6-4-2)30(32)31(29)33/h18,20-26H,3-17,19H2,1-2H3/t24-,25-,26?. The minimum atomic E-state index is -0.673. The molecule has 2 aliphatic carbocycles. The highest BCUT2D eigenvalue weighted by molar-refractivity contribution is 5.75. The topological polar surface area (TPSA) is 0 Å². The van der Waals surface area contributed by atoms with Crippen LogP contribution < -0.4 is 0 Å². The quantitative estimate of drug-likeness (QED) is 0.259. The summed E-state index contributed by atoms with van der Waals surface area (Å²) in [5.41, 5.74) is 1.78. The van der Waals surface area contributed by atoms with Crippen molar-refractivity contribution in [2.24, 2.45) is 17.8 Å². The van der Waals surface area contributed by atoms with Gasteiger partial charge in [-0.15, -0.1) is 0 Å². The molecule has 1 aromatic rings. The van der Waals surface area contributed by atoms with Crippen LogP contribution in [0, 0.1) is 29.4 Å². The number of halogens is 2. The summed E-state index contributed by atoms with van der Waals surface area (Å²) in [6, 6.07) is 3.57. The summed E-state index contributed by atoms with van der Waals surface area (Å²) < 4.78 is 29.4. The van der Waals surface area contributed by atoms with E-state index in [9.17, 15) is 8.78 Å². The Bertz CT molecular complexity index is 767. The Balaban J connectivity index is 1.44. The van der Waals surface area contributed by atoms with Gasteiger partial charge in [0, 0.05) is 5.56 Å². The molecule has 0 N–H and O–H groups in total. The van der Waals surface area contributed by atoms with Gasteiger partial charge in [0.05, 0.1) is 0 Å². The molecule has 0 bridgehead atoms. The van der Waals surface area contributed by atoms with Crippen LogP contribution in [-0.4, -0.2) is 0 Å². The van der Waals surface area contributed by atoms with E-state index in [4.69, 9.17) is 0 Å². The summed E-state index contributed by atoms with van der Waals surface area (Å²) >= 11 is 0. The van der Waals surface area contributed by atoms with Crippen LogP contribution in [-0.2, 0) is 6.42 Å². The molecule has 0 aromatic heterocycles. The van der Waals surface area contributed by atoms with Crippen LogP contribution in [0.5, 0.6) is 0 Å². The van der Waals surface area contributed by atoms with E-state index in [2.05, 4.69) is 26.0 Å². The van der Waals surface area contributed by atoms with Crippen LogP contribution in [0.25, 0.3) is 5.57 Å². The fourth-order valence-electron chi connectivity index (χ4n) is 5.88. The van der Waals surface area contributed by atoms with Gasteiger partial charge in [-0.05, 0) is 61.0 Å². The van der Waals surface area contributed by atoms with Crippen LogP contribution in [0.2, 0.25) is 0 Å². The largest absolute Gasteiger partial charge is 0.203 e. The lowest BCUT2D eigenvalue weighted by Gasteiger charge is -2.33. The average molecular weight is 457 g/mol. The molecule has 1 saturated carbocycles. The van der Waals surface area contributed by atoms with Gasteiger partial charge in [-0.3, -0.25) is 0 Å². The van der Waals surface area contributed by atoms with E-state index in [1.165, 1.54) is 70.6 Å². The van der Waals surface area contributed by atoms with Crippen LogP contribution in [0.3, 0.4) is 0 Å². The molecule has 3 rings (SSSR count).